The van der Waals surface area contributed by atoms with Gasteiger partial charge in [-0.1, -0.05) is 6.92 Å². The molecule has 0 spiro atoms. The van der Waals surface area contributed by atoms with Crippen molar-refractivity contribution in [1.29, 1.82) is 0 Å². The van der Waals surface area contributed by atoms with Crippen LogP contribution in [0.3, 0.4) is 0 Å². The zero-order valence-corrected chi connectivity index (χ0v) is 14.1. The summed E-state index contributed by atoms with van der Waals surface area (Å²) in [5, 5.41) is 3.76. The number of ether oxygens (including phenoxy) is 1. The van der Waals surface area contributed by atoms with Crippen molar-refractivity contribution in [2.75, 3.05) is 32.8 Å². The fourth-order valence-electron chi connectivity index (χ4n) is 4.44. The fourth-order valence-corrected chi connectivity index (χ4v) is 4.44. The third-order valence-corrected chi connectivity index (χ3v) is 5.71. The molecule has 0 saturated carbocycles. The molecule has 3 heterocycles. The maximum Gasteiger partial charge on any atom is 0.0829 e. The van der Waals surface area contributed by atoms with Gasteiger partial charge in [0, 0.05) is 43.8 Å². The van der Waals surface area contributed by atoms with Crippen LogP contribution in [-0.4, -0.2) is 72.9 Å². The van der Waals surface area contributed by atoms with E-state index in [0.717, 1.165) is 50.9 Å². The summed E-state index contributed by atoms with van der Waals surface area (Å²) in [7, 11) is 0. The van der Waals surface area contributed by atoms with Gasteiger partial charge in [0.05, 0.1) is 12.7 Å². The zero-order chi connectivity index (χ0) is 14.8. The number of nitrogens with one attached hydrogen (secondary N) is 1. The lowest BCUT2D eigenvalue weighted by Crippen LogP contribution is -2.54. The highest BCUT2D eigenvalue weighted by atomic mass is 16.5. The number of hydrogen-bond donors (Lipinski definition) is 1. The summed E-state index contributed by atoms with van der Waals surface area (Å²) in [6.45, 7) is 12.3. The molecule has 3 saturated heterocycles. The van der Waals surface area contributed by atoms with Crippen LogP contribution in [0.2, 0.25) is 0 Å². The van der Waals surface area contributed by atoms with Crippen LogP contribution in [0.1, 0.15) is 46.5 Å². The van der Waals surface area contributed by atoms with Gasteiger partial charge in [-0.2, -0.15) is 0 Å². The van der Waals surface area contributed by atoms with Gasteiger partial charge in [0.15, 0.2) is 0 Å². The Morgan fingerprint density at radius 1 is 1.24 bits per heavy atom. The molecule has 0 amide bonds. The molecule has 3 fully saturated rings. The number of piperidine rings is 1. The number of hydrogen-bond acceptors (Lipinski definition) is 4. The third-order valence-electron chi connectivity index (χ3n) is 5.71. The molecule has 0 aliphatic carbocycles. The number of fused-ring (bicyclic) bond motifs is 2. The maximum absolute atomic E-state index is 6.05. The summed E-state index contributed by atoms with van der Waals surface area (Å²) < 4.78 is 6.05. The van der Waals surface area contributed by atoms with E-state index in [9.17, 15) is 0 Å². The second kappa shape index (κ2) is 6.95. The molecule has 3 aliphatic heterocycles. The lowest BCUT2D eigenvalue weighted by molar-refractivity contribution is -0.0585. The van der Waals surface area contributed by atoms with E-state index in [0.29, 0.717) is 12.1 Å². The van der Waals surface area contributed by atoms with Crippen LogP contribution in [0.4, 0.5) is 0 Å². The van der Waals surface area contributed by atoms with Gasteiger partial charge in [0.2, 0.25) is 0 Å². The van der Waals surface area contributed by atoms with Gasteiger partial charge in [0.25, 0.3) is 0 Å². The number of nitrogens with zero attached hydrogens (tertiary/aromatic N) is 2. The van der Waals surface area contributed by atoms with Gasteiger partial charge in [0.1, 0.15) is 0 Å². The van der Waals surface area contributed by atoms with Crippen molar-refractivity contribution in [2.45, 2.75) is 76.7 Å². The Balaban J connectivity index is 1.54. The smallest absolute Gasteiger partial charge is 0.0829 e. The molecule has 2 bridgehead atoms. The fraction of sp³-hybridized carbons (Fsp3) is 1.00. The third kappa shape index (κ3) is 3.79. The Labute approximate surface area is 130 Å². The first-order chi connectivity index (χ1) is 10.2. The second-order valence-corrected chi connectivity index (χ2v) is 7.43. The molecule has 3 aliphatic rings. The maximum atomic E-state index is 6.05. The molecular formula is C17H33N3O. The van der Waals surface area contributed by atoms with Crippen molar-refractivity contribution in [3.8, 4) is 0 Å². The Kier molecular flexibility index (Phi) is 5.20. The largest absolute Gasteiger partial charge is 0.374 e. The molecule has 0 aromatic rings. The summed E-state index contributed by atoms with van der Waals surface area (Å²) in [4.78, 5) is 5.26. The van der Waals surface area contributed by atoms with E-state index in [2.05, 4.69) is 35.9 Å². The average molecular weight is 295 g/mol. The summed E-state index contributed by atoms with van der Waals surface area (Å²) in [6, 6.07) is 2.97. The van der Waals surface area contributed by atoms with Crippen LogP contribution in [0.5, 0.6) is 0 Å². The van der Waals surface area contributed by atoms with Crippen LogP contribution in [0, 0.1) is 0 Å². The number of likely N-dealkylation sites (N-methyl/N-ethyl adjacent to an activating group) is 1. The normalized spacial score (nSPS) is 37.6. The average Bonchev–Trinajstić information content (AvgIpc) is 2.83. The first-order valence-corrected chi connectivity index (χ1v) is 9.01. The molecule has 0 radical (unpaired) electrons. The van der Waals surface area contributed by atoms with Crippen LogP contribution in [0.25, 0.3) is 0 Å². The van der Waals surface area contributed by atoms with Gasteiger partial charge in [-0.3, -0.25) is 9.80 Å². The van der Waals surface area contributed by atoms with Crippen molar-refractivity contribution in [1.82, 2.24) is 15.1 Å². The Hall–Kier alpha value is -0.160. The topological polar surface area (TPSA) is 27.7 Å². The highest BCUT2D eigenvalue weighted by molar-refractivity contribution is 4.96. The van der Waals surface area contributed by atoms with Crippen molar-refractivity contribution in [2.24, 2.45) is 0 Å². The Bertz CT molecular complexity index is 324. The minimum absolute atomic E-state index is 0.397. The van der Waals surface area contributed by atoms with E-state index in [4.69, 9.17) is 4.74 Å². The summed E-state index contributed by atoms with van der Waals surface area (Å²) >= 11 is 0. The zero-order valence-electron chi connectivity index (χ0n) is 14.1. The van der Waals surface area contributed by atoms with Crippen molar-refractivity contribution < 1.29 is 4.74 Å². The van der Waals surface area contributed by atoms with Gasteiger partial charge in [-0.05, 0) is 46.1 Å². The number of morpholine rings is 1. The highest BCUT2D eigenvalue weighted by Crippen LogP contribution is 2.30. The van der Waals surface area contributed by atoms with Gasteiger partial charge in [-0.15, -0.1) is 0 Å². The Morgan fingerprint density at radius 3 is 2.57 bits per heavy atom. The number of rotatable bonds is 5. The van der Waals surface area contributed by atoms with Crippen molar-refractivity contribution in [3.05, 3.63) is 0 Å². The lowest BCUT2D eigenvalue weighted by atomic mass is 9.97. The predicted octanol–water partition coefficient (Wildman–Crippen LogP) is 1.70. The van der Waals surface area contributed by atoms with Gasteiger partial charge < -0.3 is 10.1 Å². The lowest BCUT2D eigenvalue weighted by Gasteiger charge is -2.41. The predicted molar refractivity (Wildman–Crippen MR) is 86.7 cm³/mol. The van der Waals surface area contributed by atoms with E-state index in [1.165, 1.54) is 25.7 Å². The van der Waals surface area contributed by atoms with Gasteiger partial charge >= 0.3 is 0 Å². The Morgan fingerprint density at radius 2 is 1.95 bits per heavy atom. The van der Waals surface area contributed by atoms with Crippen LogP contribution < -0.4 is 5.32 Å². The van der Waals surface area contributed by atoms with E-state index < -0.39 is 0 Å². The van der Waals surface area contributed by atoms with Gasteiger partial charge in [-0.25, -0.2) is 0 Å². The molecule has 0 aromatic heterocycles. The highest BCUT2D eigenvalue weighted by Gasteiger charge is 2.36. The second-order valence-electron chi connectivity index (χ2n) is 7.43. The molecule has 1 N–H and O–H groups in total. The minimum Gasteiger partial charge on any atom is -0.374 e. The molecule has 21 heavy (non-hydrogen) atoms. The molecule has 3 rings (SSSR count). The van der Waals surface area contributed by atoms with Crippen molar-refractivity contribution >= 4 is 0 Å². The van der Waals surface area contributed by atoms with E-state index in [1.54, 1.807) is 0 Å². The molecule has 0 aromatic carbocycles. The molecule has 4 heteroatoms. The van der Waals surface area contributed by atoms with Crippen molar-refractivity contribution in [3.63, 3.8) is 0 Å². The molecule has 3 unspecified atom stereocenters. The molecule has 122 valence electrons. The molecule has 4 nitrogen and oxygen atoms in total. The monoisotopic (exact) mass is 295 g/mol. The molecule has 3 atom stereocenters. The quantitative estimate of drug-likeness (QED) is 0.835. The van der Waals surface area contributed by atoms with Crippen LogP contribution in [-0.2, 0) is 4.74 Å². The standard InChI is InChI=1S/C17H33N3O/c1-4-19(16-9-14-5-6-15(10-16)18-14)11-17-12-20(13(2)3)7-8-21-17/h13-18H,4-12H2,1-3H3. The van der Waals surface area contributed by atoms with Crippen LogP contribution >= 0.6 is 0 Å². The first kappa shape index (κ1) is 15.7. The first-order valence-electron chi connectivity index (χ1n) is 9.01. The van der Waals surface area contributed by atoms with E-state index in [-0.39, 0.29) is 0 Å². The summed E-state index contributed by atoms with van der Waals surface area (Å²) in [6.07, 6.45) is 5.85. The summed E-state index contributed by atoms with van der Waals surface area (Å²) in [5.74, 6) is 0. The molecular weight excluding hydrogens is 262 g/mol. The minimum atomic E-state index is 0.397. The van der Waals surface area contributed by atoms with E-state index >= 15 is 0 Å². The van der Waals surface area contributed by atoms with Crippen LogP contribution in [0.15, 0.2) is 0 Å². The summed E-state index contributed by atoms with van der Waals surface area (Å²) in [5.41, 5.74) is 0. The van der Waals surface area contributed by atoms with E-state index in [1.807, 2.05) is 0 Å². The SMILES string of the molecule is CCN(CC1CN(C(C)C)CCO1)C1CC2CCC(C1)N2.